The number of benzene rings is 2. The maximum absolute atomic E-state index is 6.22. The standard InChI is InChI=1S/C17H20ClNO2/c1-12(14-8-4-5-9-15(14)18)19-11-13-7-6-10-16(20-2)17(13)21-3/h4-10,12,19H,11H2,1-3H3. The van der Waals surface area contributed by atoms with Gasteiger partial charge in [-0.15, -0.1) is 0 Å². The Labute approximate surface area is 130 Å². The van der Waals surface area contributed by atoms with Gasteiger partial charge in [0.2, 0.25) is 0 Å². The molecule has 0 saturated heterocycles. The van der Waals surface area contributed by atoms with Gasteiger partial charge in [-0.1, -0.05) is 41.9 Å². The molecule has 0 aliphatic heterocycles. The zero-order valence-corrected chi connectivity index (χ0v) is 13.3. The second-order valence-electron chi connectivity index (χ2n) is 4.78. The van der Waals surface area contributed by atoms with Crippen molar-refractivity contribution in [1.82, 2.24) is 5.32 Å². The van der Waals surface area contributed by atoms with Crippen molar-refractivity contribution in [3.8, 4) is 11.5 Å². The van der Waals surface area contributed by atoms with Crippen LogP contribution in [-0.4, -0.2) is 14.2 Å². The van der Waals surface area contributed by atoms with Gasteiger partial charge in [0.1, 0.15) is 0 Å². The van der Waals surface area contributed by atoms with E-state index < -0.39 is 0 Å². The van der Waals surface area contributed by atoms with Crippen LogP contribution in [0.4, 0.5) is 0 Å². The molecule has 21 heavy (non-hydrogen) atoms. The second-order valence-corrected chi connectivity index (χ2v) is 5.18. The molecule has 0 amide bonds. The van der Waals surface area contributed by atoms with Crippen molar-refractivity contribution >= 4 is 11.6 Å². The molecule has 0 fully saturated rings. The molecule has 1 atom stereocenters. The van der Waals surface area contributed by atoms with Gasteiger partial charge in [-0.2, -0.15) is 0 Å². The van der Waals surface area contributed by atoms with E-state index in [1.54, 1.807) is 14.2 Å². The van der Waals surface area contributed by atoms with Crippen molar-refractivity contribution in [2.45, 2.75) is 19.5 Å². The third-order valence-corrected chi connectivity index (χ3v) is 3.80. The van der Waals surface area contributed by atoms with Crippen LogP contribution in [0, 0.1) is 0 Å². The minimum absolute atomic E-state index is 0.148. The van der Waals surface area contributed by atoms with Crippen LogP contribution < -0.4 is 14.8 Å². The second kappa shape index (κ2) is 7.34. The Hall–Kier alpha value is -1.71. The maximum atomic E-state index is 6.22. The van der Waals surface area contributed by atoms with E-state index in [1.807, 2.05) is 42.5 Å². The molecule has 0 radical (unpaired) electrons. The van der Waals surface area contributed by atoms with Crippen molar-refractivity contribution in [2.24, 2.45) is 0 Å². The van der Waals surface area contributed by atoms with Crippen LogP contribution in [0.15, 0.2) is 42.5 Å². The number of rotatable bonds is 6. The molecular weight excluding hydrogens is 286 g/mol. The average molecular weight is 306 g/mol. The topological polar surface area (TPSA) is 30.5 Å². The maximum Gasteiger partial charge on any atom is 0.165 e. The largest absolute Gasteiger partial charge is 0.493 e. The first-order chi connectivity index (χ1) is 10.2. The number of hydrogen-bond donors (Lipinski definition) is 1. The summed E-state index contributed by atoms with van der Waals surface area (Å²) in [5.74, 6) is 1.50. The minimum Gasteiger partial charge on any atom is -0.493 e. The van der Waals surface area contributed by atoms with Crippen LogP contribution in [0.1, 0.15) is 24.1 Å². The Bertz CT molecular complexity index is 601. The van der Waals surface area contributed by atoms with E-state index in [9.17, 15) is 0 Å². The normalized spacial score (nSPS) is 12.0. The Morgan fingerprint density at radius 2 is 1.81 bits per heavy atom. The van der Waals surface area contributed by atoms with Gasteiger partial charge >= 0.3 is 0 Å². The molecule has 2 aromatic rings. The lowest BCUT2D eigenvalue weighted by Crippen LogP contribution is -2.19. The zero-order valence-electron chi connectivity index (χ0n) is 12.5. The van der Waals surface area contributed by atoms with E-state index in [0.29, 0.717) is 6.54 Å². The van der Waals surface area contributed by atoms with Crippen molar-refractivity contribution in [3.63, 3.8) is 0 Å². The number of nitrogens with one attached hydrogen (secondary N) is 1. The van der Waals surface area contributed by atoms with Crippen LogP contribution in [0.25, 0.3) is 0 Å². The summed E-state index contributed by atoms with van der Waals surface area (Å²) in [6.45, 7) is 2.76. The molecule has 2 rings (SSSR count). The molecular formula is C17H20ClNO2. The summed E-state index contributed by atoms with van der Waals surface area (Å²) in [5.41, 5.74) is 2.14. The van der Waals surface area contributed by atoms with Crippen LogP contribution in [0.3, 0.4) is 0 Å². The smallest absolute Gasteiger partial charge is 0.165 e. The van der Waals surface area contributed by atoms with E-state index in [0.717, 1.165) is 27.6 Å². The summed E-state index contributed by atoms with van der Waals surface area (Å²) < 4.78 is 10.8. The third kappa shape index (κ3) is 3.69. The number of hydrogen-bond acceptors (Lipinski definition) is 3. The summed E-state index contributed by atoms with van der Waals surface area (Å²) in [6.07, 6.45) is 0. The summed E-state index contributed by atoms with van der Waals surface area (Å²) in [5, 5.41) is 4.24. The molecule has 0 spiro atoms. The lowest BCUT2D eigenvalue weighted by atomic mass is 10.1. The molecule has 0 bridgehead atoms. The number of methoxy groups -OCH3 is 2. The average Bonchev–Trinajstić information content (AvgIpc) is 2.52. The number of ether oxygens (including phenoxy) is 2. The molecule has 0 aliphatic carbocycles. The predicted octanol–water partition coefficient (Wildman–Crippen LogP) is 4.21. The molecule has 4 heteroatoms. The Morgan fingerprint density at radius 1 is 1.05 bits per heavy atom. The van der Waals surface area contributed by atoms with Gasteiger partial charge in [-0.05, 0) is 24.6 Å². The van der Waals surface area contributed by atoms with Gasteiger partial charge in [0.25, 0.3) is 0 Å². The van der Waals surface area contributed by atoms with Crippen LogP contribution in [0.5, 0.6) is 11.5 Å². The minimum atomic E-state index is 0.148. The fraction of sp³-hybridized carbons (Fsp3) is 0.294. The monoisotopic (exact) mass is 305 g/mol. The first kappa shape index (κ1) is 15.7. The van der Waals surface area contributed by atoms with Gasteiger partial charge in [0.05, 0.1) is 14.2 Å². The summed E-state index contributed by atoms with van der Waals surface area (Å²) >= 11 is 6.22. The van der Waals surface area contributed by atoms with Crippen molar-refractivity contribution < 1.29 is 9.47 Å². The predicted molar refractivity (Wildman–Crippen MR) is 86.3 cm³/mol. The molecule has 0 aromatic heterocycles. The lowest BCUT2D eigenvalue weighted by molar-refractivity contribution is 0.350. The number of para-hydroxylation sites is 1. The molecule has 2 aromatic carbocycles. The summed E-state index contributed by atoms with van der Waals surface area (Å²) in [7, 11) is 3.29. The van der Waals surface area contributed by atoms with Gasteiger partial charge in [0.15, 0.2) is 11.5 Å². The quantitative estimate of drug-likeness (QED) is 0.867. The zero-order chi connectivity index (χ0) is 15.2. The van der Waals surface area contributed by atoms with E-state index >= 15 is 0 Å². The van der Waals surface area contributed by atoms with Crippen LogP contribution in [-0.2, 0) is 6.54 Å². The Balaban J connectivity index is 2.11. The SMILES string of the molecule is COc1cccc(CNC(C)c2ccccc2Cl)c1OC. The molecule has 3 nitrogen and oxygen atoms in total. The van der Waals surface area contributed by atoms with Crippen molar-refractivity contribution in [2.75, 3.05) is 14.2 Å². The fourth-order valence-corrected chi connectivity index (χ4v) is 2.59. The highest BCUT2D eigenvalue weighted by molar-refractivity contribution is 6.31. The highest BCUT2D eigenvalue weighted by atomic mass is 35.5. The molecule has 0 saturated carbocycles. The Kier molecular flexibility index (Phi) is 5.48. The molecule has 0 heterocycles. The number of halogens is 1. The van der Waals surface area contributed by atoms with Crippen molar-refractivity contribution in [3.05, 3.63) is 58.6 Å². The summed E-state index contributed by atoms with van der Waals surface area (Å²) in [4.78, 5) is 0. The van der Waals surface area contributed by atoms with E-state index in [1.165, 1.54) is 0 Å². The van der Waals surface area contributed by atoms with E-state index in [-0.39, 0.29) is 6.04 Å². The summed E-state index contributed by atoms with van der Waals surface area (Å²) in [6, 6.07) is 13.9. The van der Waals surface area contributed by atoms with Gasteiger partial charge in [0, 0.05) is 23.2 Å². The van der Waals surface area contributed by atoms with Crippen LogP contribution >= 0.6 is 11.6 Å². The van der Waals surface area contributed by atoms with Gasteiger partial charge < -0.3 is 14.8 Å². The van der Waals surface area contributed by atoms with E-state index in [4.69, 9.17) is 21.1 Å². The highest BCUT2D eigenvalue weighted by Gasteiger charge is 2.12. The first-order valence-electron chi connectivity index (χ1n) is 6.85. The molecule has 0 aliphatic rings. The van der Waals surface area contributed by atoms with Crippen molar-refractivity contribution in [1.29, 1.82) is 0 Å². The van der Waals surface area contributed by atoms with Gasteiger partial charge in [-0.3, -0.25) is 0 Å². The van der Waals surface area contributed by atoms with Gasteiger partial charge in [-0.25, -0.2) is 0 Å². The molecule has 1 unspecified atom stereocenters. The molecule has 1 N–H and O–H groups in total. The fourth-order valence-electron chi connectivity index (χ4n) is 2.29. The highest BCUT2D eigenvalue weighted by Crippen LogP contribution is 2.31. The Morgan fingerprint density at radius 3 is 2.48 bits per heavy atom. The lowest BCUT2D eigenvalue weighted by Gasteiger charge is -2.18. The first-order valence-corrected chi connectivity index (χ1v) is 7.22. The molecule has 112 valence electrons. The van der Waals surface area contributed by atoms with E-state index in [2.05, 4.69) is 12.2 Å². The van der Waals surface area contributed by atoms with Crippen LogP contribution in [0.2, 0.25) is 5.02 Å². The third-order valence-electron chi connectivity index (χ3n) is 3.45.